The van der Waals surface area contributed by atoms with E-state index in [0.29, 0.717) is 51.5 Å². The van der Waals surface area contributed by atoms with Gasteiger partial charge in [0.2, 0.25) is 11.8 Å². The van der Waals surface area contributed by atoms with Gasteiger partial charge in [-0.15, -0.1) is 0 Å². The molecule has 3 aromatic rings. The van der Waals surface area contributed by atoms with Crippen LogP contribution in [0.25, 0.3) is 0 Å². The van der Waals surface area contributed by atoms with Crippen molar-refractivity contribution < 1.29 is 9.59 Å². The third-order valence-electron chi connectivity index (χ3n) is 5.85. The zero-order valence-corrected chi connectivity index (χ0v) is 18.4. The smallest absolute Gasteiger partial charge is 0.239 e. The molecule has 0 unspecified atom stereocenters. The molecule has 2 aromatic carbocycles. The SMILES string of the molecule is Cc1ccccc1CC(=O)N1CCN(CC(=O)Nc2ccnn2Cc2ccccc2)CC1. The minimum absolute atomic E-state index is 0.0699. The second-order valence-electron chi connectivity index (χ2n) is 8.17. The molecule has 1 N–H and O–H groups in total. The van der Waals surface area contributed by atoms with Gasteiger partial charge in [0, 0.05) is 32.2 Å². The fraction of sp³-hybridized carbons (Fsp3) is 0.320. The van der Waals surface area contributed by atoms with E-state index < -0.39 is 0 Å². The molecule has 166 valence electrons. The molecule has 0 atom stereocenters. The maximum atomic E-state index is 12.7. The number of benzene rings is 2. The molecule has 2 heterocycles. The van der Waals surface area contributed by atoms with Gasteiger partial charge >= 0.3 is 0 Å². The van der Waals surface area contributed by atoms with E-state index in [1.807, 2.05) is 72.5 Å². The summed E-state index contributed by atoms with van der Waals surface area (Å²) in [6.45, 7) is 5.60. The number of nitrogens with zero attached hydrogens (tertiary/aromatic N) is 4. The fourth-order valence-electron chi connectivity index (χ4n) is 3.95. The van der Waals surface area contributed by atoms with E-state index in [1.54, 1.807) is 10.9 Å². The Morgan fingerprint density at radius 1 is 0.938 bits per heavy atom. The normalized spacial score (nSPS) is 14.3. The van der Waals surface area contributed by atoms with Gasteiger partial charge < -0.3 is 10.2 Å². The van der Waals surface area contributed by atoms with E-state index >= 15 is 0 Å². The Bertz CT molecular complexity index is 1050. The third-order valence-corrected chi connectivity index (χ3v) is 5.85. The Morgan fingerprint density at radius 2 is 1.66 bits per heavy atom. The van der Waals surface area contributed by atoms with Crippen LogP contribution in [0.15, 0.2) is 66.9 Å². The van der Waals surface area contributed by atoms with Crippen molar-refractivity contribution in [3.8, 4) is 0 Å². The van der Waals surface area contributed by atoms with Crippen LogP contribution in [0.4, 0.5) is 5.82 Å². The molecule has 1 saturated heterocycles. The van der Waals surface area contributed by atoms with Crippen molar-refractivity contribution in [1.82, 2.24) is 19.6 Å². The van der Waals surface area contributed by atoms with E-state index in [1.165, 1.54) is 0 Å². The summed E-state index contributed by atoms with van der Waals surface area (Å²) in [5.74, 6) is 0.763. The highest BCUT2D eigenvalue weighted by Crippen LogP contribution is 2.12. The number of aromatic nitrogens is 2. The summed E-state index contributed by atoms with van der Waals surface area (Å²) < 4.78 is 1.79. The molecule has 4 rings (SSSR count). The molecule has 7 heteroatoms. The molecule has 1 fully saturated rings. The first-order valence-electron chi connectivity index (χ1n) is 11.0. The average Bonchev–Trinajstić information content (AvgIpc) is 3.22. The van der Waals surface area contributed by atoms with Crippen LogP contribution in [0, 0.1) is 6.92 Å². The van der Waals surface area contributed by atoms with Crippen molar-refractivity contribution >= 4 is 17.6 Å². The number of amides is 2. The quantitative estimate of drug-likeness (QED) is 0.624. The number of hydrogen-bond acceptors (Lipinski definition) is 4. The first-order valence-corrected chi connectivity index (χ1v) is 11.0. The highest BCUT2D eigenvalue weighted by molar-refractivity contribution is 5.91. The minimum atomic E-state index is -0.0699. The van der Waals surface area contributed by atoms with Crippen LogP contribution in [0.1, 0.15) is 16.7 Å². The fourth-order valence-corrected chi connectivity index (χ4v) is 3.95. The summed E-state index contributed by atoms with van der Waals surface area (Å²) in [6.07, 6.45) is 2.12. The minimum Gasteiger partial charge on any atom is -0.340 e. The largest absolute Gasteiger partial charge is 0.340 e. The summed E-state index contributed by atoms with van der Waals surface area (Å²) in [6, 6.07) is 19.8. The summed E-state index contributed by atoms with van der Waals surface area (Å²) in [5.41, 5.74) is 3.34. The number of rotatable bonds is 7. The molecular formula is C25H29N5O2. The lowest BCUT2D eigenvalue weighted by Gasteiger charge is -2.34. The second kappa shape index (κ2) is 10.2. The summed E-state index contributed by atoms with van der Waals surface area (Å²) in [5, 5.41) is 7.30. The number of piperazine rings is 1. The number of nitrogens with one attached hydrogen (secondary N) is 1. The van der Waals surface area contributed by atoms with Crippen LogP contribution in [-0.2, 0) is 22.6 Å². The summed E-state index contributed by atoms with van der Waals surface area (Å²) in [4.78, 5) is 29.3. The molecule has 1 aliphatic heterocycles. The summed E-state index contributed by atoms with van der Waals surface area (Å²) in [7, 11) is 0. The van der Waals surface area contributed by atoms with Crippen LogP contribution in [0.2, 0.25) is 0 Å². The van der Waals surface area contributed by atoms with Crippen LogP contribution >= 0.6 is 0 Å². The van der Waals surface area contributed by atoms with Crippen molar-refractivity contribution in [3.05, 3.63) is 83.6 Å². The van der Waals surface area contributed by atoms with E-state index in [9.17, 15) is 9.59 Å². The number of carbonyl (C=O) groups is 2. The van der Waals surface area contributed by atoms with E-state index in [2.05, 4.69) is 15.3 Å². The number of hydrogen-bond donors (Lipinski definition) is 1. The molecule has 0 aliphatic carbocycles. The van der Waals surface area contributed by atoms with Gasteiger partial charge in [-0.25, -0.2) is 4.68 Å². The maximum Gasteiger partial charge on any atom is 0.239 e. The first-order chi connectivity index (χ1) is 15.6. The Labute approximate surface area is 188 Å². The van der Waals surface area contributed by atoms with Crippen LogP contribution < -0.4 is 5.32 Å². The molecular weight excluding hydrogens is 402 g/mol. The number of aryl methyl sites for hydroxylation is 1. The number of anilines is 1. The zero-order valence-electron chi connectivity index (χ0n) is 18.4. The lowest BCUT2D eigenvalue weighted by atomic mass is 10.1. The third kappa shape index (κ3) is 5.62. The first kappa shape index (κ1) is 21.8. The predicted octanol–water partition coefficient (Wildman–Crippen LogP) is 2.57. The van der Waals surface area contributed by atoms with Crippen molar-refractivity contribution in [3.63, 3.8) is 0 Å². The Morgan fingerprint density at radius 3 is 2.41 bits per heavy atom. The van der Waals surface area contributed by atoms with Crippen LogP contribution in [0.3, 0.4) is 0 Å². The van der Waals surface area contributed by atoms with Crippen molar-refractivity contribution in [2.24, 2.45) is 0 Å². The molecule has 1 aliphatic rings. The molecule has 7 nitrogen and oxygen atoms in total. The standard InChI is InChI=1S/C25H29N5O2/c1-20-7-5-6-10-22(20)17-25(32)29-15-13-28(14-16-29)19-24(31)27-23-11-12-26-30(23)18-21-8-3-2-4-9-21/h2-12H,13-19H2,1H3,(H,27,31). The maximum absolute atomic E-state index is 12.7. The van der Waals surface area contributed by atoms with Gasteiger partial charge in [-0.1, -0.05) is 54.6 Å². The molecule has 0 spiro atoms. The van der Waals surface area contributed by atoms with Gasteiger partial charge in [-0.3, -0.25) is 14.5 Å². The second-order valence-corrected chi connectivity index (χ2v) is 8.17. The molecule has 2 amide bonds. The average molecular weight is 432 g/mol. The van der Waals surface area contributed by atoms with Crippen molar-refractivity contribution in [1.29, 1.82) is 0 Å². The van der Waals surface area contributed by atoms with Crippen LogP contribution in [-0.4, -0.2) is 64.1 Å². The highest BCUT2D eigenvalue weighted by Gasteiger charge is 2.23. The van der Waals surface area contributed by atoms with Crippen molar-refractivity contribution in [2.75, 3.05) is 38.0 Å². The monoisotopic (exact) mass is 431 g/mol. The van der Waals surface area contributed by atoms with E-state index in [0.717, 1.165) is 16.7 Å². The Balaban J connectivity index is 1.24. The lowest BCUT2D eigenvalue weighted by molar-refractivity contribution is -0.132. The number of carbonyl (C=O) groups excluding carboxylic acids is 2. The zero-order chi connectivity index (χ0) is 22.3. The van der Waals surface area contributed by atoms with Gasteiger partial charge in [-0.05, 0) is 23.6 Å². The molecule has 0 radical (unpaired) electrons. The Kier molecular flexibility index (Phi) is 6.97. The predicted molar refractivity (Wildman–Crippen MR) is 124 cm³/mol. The topological polar surface area (TPSA) is 70.5 Å². The molecule has 0 saturated carbocycles. The van der Waals surface area contributed by atoms with Crippen LogP contribution in [0.5, 0.6) is 0 Å². The molecule has 1 aromatic heterocycles. The summed E-state index contributed by atoms with van der Waals surface area (Å²) >= 11 is 0. The molecule has 32 heavy (non-hydrogen) atoms. The van der Waals surface area contributed by atoms with E-state index in [4.69, 9.17) is 0 Å². The highest BCUT2D eigenvalue weighted by atomic mass is 16.2. The molecule has 0 bridgehead atoms. The van der Waals surface area contributed by atoms with E-state index in [-0.39, 0.29) is 11.8 Å². The van der Waals surface area contributed by atoms with Crippen molar-refractivity contribution in [2.45, 2.75) is 19.9 Å². The van der Waals surface area contributed by atoms with Gasteiger partial charge in [0.15, 0.2) is 0 Å². The lowest BCUT2D eigenvalue weighted by Crippen LogP contribution is -2.50. The Hall–Kier alpha value is -3.45. The van der Waals surface area contributed by atoms with Gasteiger partial charge in [0.25, 0.3) is 0 Å². The van der Waals surface area contributed by atoms with Gasteiger partial charge in [-0.2, -0.15) is 5.10 Å². The van der Waals surface area contributed by atoms with Gasteiger partial charge in [0.1, 0.15) is 5.82 Å². The van der Waals surface area contributed by atoms with Gasteiger partial charge in [0.05, 0.1) is 25.7 Å².